The monoisotopic (exact) mass is 527 g/mol. The van der Waals surface area contributed by atoms with E-state index in [1.165, 1.54) is 63.1 Å². The summed E-state index contributed by atoms with van der Waals surface area (Å²) in [6.45, 7) is 21.3. The van der Waals surface area contributed by atoms with Crippen molar-refractivity contribution in [2.45, 2.75) is 86.0 Å². The molecule has 1 aromatic carbocycles. The molecule has 3 heterocycles. The van der Waals surface area contributed by atoms with Crippen LogP contribution in [0.2, 0.25) is 0 Å². The highest BCUT2D eigenvalue weighted by Gasteiger charge is 2.24. The third kappa shape index (κ3) is 6.14. The van der Waals surface area contributed by atoms with E-state index in [0.29, 0.717) is 11.8 Å². The molecule has 1 aliphatic heterocycles. The van der Waals surface area contributed by atoms with Gasteiger partial charge in [0.2, 0.25) is 0 Å². The number of piperidine rings is 1. The molecule has 0 saturated carbocycles. The summed E-state index contributed by atoms with van der Waals surface area (Å²) in [4.78, 5) is 7.04. The summed E-state index contributed by atoms with van der Waals surface area (Å²) >= 11 is 0. The number of aromatic nitrogens is 3. The van der Waals surface area contributed by atoms with Gasteiger partial charge < -0.3 is 10.2 Å². The molecule has 39 heavy (non-hydrogen) atoms. The lowest BCUT2D eigenvalue weighted by atomic mass is 9.80. The van der Waals surface area contributed by atoms with E-state index in [4.69, 9.17) is 0 Å². The highest BCUT2D eigenvalue weighted by atomic mass is 15.3. The number of hydrogen-bond donors (Lipinski definition) is 1. The van der Waals surface area contributed by atoms with Gasteiger partial charge in [-0.05, 0) is 109 Å². The molecule has 0 aliphatic carbocycles. The molecule has 0 unspecified atom stereocenters. The van der Waals surface area contributed by atoms with Gasteiger partial charge in [-0.25, -0.2) is 9.50 Å². The van der Waals surface area contributed by atoms with Crippen LogP contribution in [0.3, 0.4) is 0 Å². The molecule has 1 aliphatic rings. The van der Waals surface area contributed by atoms with Crippen molar-refractivity contribution in [1.82, 2.24) is 24.8 Å². The van der Waals surface area contributed by atoms with E-state index in [1.807, 2.05) is 11.6 Å². The first kappa shape index (κ1) is 29.1. The van der Waals surface area contributed by atoms with Crippen molar-refractivity contribution in [1.29, 1.82) is 0 Å². The molecule has 5 nitrogen and oxygen atoms in total. The maximum absolute atomic E-state index is 4.54. The smallest absolute Gasteiger partial charge is 0.158 e. The Morgan fingerprint density at radius 2 is 1.85 bits per heavy atom. The van der Waals surface area contributed by atoms with Gasteiger partial charge in [0, 0.05) is 31.5 Å². The zero-order valence-electron chi connectivity index (χ0n) is 25.4. The Morgan fingerprint density at radius 1 is 1.10 bits per heavy atom. The van der Waals surface area contributed by atoms with Crippen LogP contribution in [-0.4, -0.2) is 46.2 Å². The van der Waals surface area contributed by atoms with Gasteiger partial charge in [0.05, 0.1) is 0 Å². The van der Waals surface area contributed by atoms with Gasteiger partial charge >= 0.3 is 0 Å². The van der Waals surface area contributed by atoms with Crippen LogP contribution >= 0.6 is 0 Å². The number of aryl methyl sites for hydroxylation is 2. The molecule has 0 atom stereocenters. The fourth-order valence-electron chi connectivity index (χ4n) is 6.49. The van der Waals surface area contributed by atoms with E-state index in [2.05, 4.69) is 92.8 Å². The zero-order valence-corrected chi connectivity index (χ0v) is 25.4. The van der Waals surface area contributed by atoms with E-state index < -0.39 is 0 Å². The van der Waals surface area contributed by atoms with Crippen LogP contribution < -0.4 is 5.32 Å². The predicted molar refractivity (Wildman–Crippen MR) is 166 cm³/mol. The van der Waals surface area contributed by atoms with E-state index in [-0.39, 0.29) is 0 Å². The second-order valence-electron chi connectivity index (χ2n) is 11.6. The van der Waals surface area contributed by atoms with E-state index in [1.54, 1.807) is 6.33 Å². The summed E-state index contributed by atoms with van der Waals surface area (Å²) in [5.74, 6) is 1.01. The molecule has 1 saturated heterocycles. The Balaban J connectivity index is 1.76. The fraction of sp³-hybridized carbons (Fsp3) is 0.529. The second kappa shape index (κ2) is 13.0. The summed E-state index contributed by atoms with van der Waals surface area (Å²) in [5, 5.41) is 7.78. The molecule has 4 rings (SSSR count). The maximum Gasteiger partial charge on any atom is 0.158 e. The molecular weight excluding hydrogens is 478 g/mol. The van der Waals surface area contributed by atoms with Crippen molar-refractivity contribution >= 4 is 16.8 Å². The highest BCUT2D eigenvalue weighted by molar-refractivity contribution is 5.93. The number of likely N-dealkylation sites (tertiary alicyclic amines) is 1. The number of rotatable bonds is 11. The van der Waals surface area contributed by atoms with Crippen molar-refractivity contribution in [2.75, 3.05) is 26.7 Å². The van der Waals surface area contributed by atoms with Gasteiger partial charge in [-0.1, -0.05) is 58.9 Å². The first-order valence-corrected chi connectivity index (χ1v) is 15.0. The van der Waals surface area contributed by atoms with Crippen molar-refractivity contribution in [3.8, 4) is 0 Å². The minimum absolute atomic E-state index is 0.411. The third-order valence-corrected chi connectivity index (χ3v) is 8.65. The Labute approximate surface area is 236 Å². The summed E-state index contributed by atoms with van der Waals surface area (Å²) < 4.78 is 1.97. The number of nitrogens with one attached hydrogen (secondary N) is 1. The quantitative estimate of drug-likeness (QED) is 0.279. The largest absolute Gasteiger partial charge is 0.375 e. The maximum atomic E-state index is 4.54. The van der Waals surface area contributed by atoms with Crippen LogP contribution in [0.4, 0.5) is 0 Å². The number of allylic oxidation sites excluding steroid dienone is 2. The molecule has 1 N–H and O–H groups in total. The van der Waals surface area contributed by atoms with E-state index in [0.717, 1.165) is 51.0 Å². The lowest BCUT2D eigenvalue weighted by molar-refractivity contribution is 0.256. The van der Waals surface area contributed by atoms with Gasteiger partial charge in [-0.3, -0.25) is 0 Å². The van der Waals surface area contributed by atoms with Crippen LogP contribution in [-0.2, 0) is 6.42 Å². The average molecular weight is 528 g/mol. The van der Waals surface area contributed by atoms with E-state index in [9.17, 15) is 0 Å². The number of benzene rings is 1. The zero-order chi connectivity index (χ0) is 28.1. The summed E-state index contributed by atoms with van der Waals surface area (Å²) in [5.41, 5.74) is 13.5. The third-order valence-electron chi connectivity index (χ3n) is 8.65. The standard InChI is InChI=1S/C34H49N5/c1-9-11-30(32-21-39-34(36-22-37-39)26(7)29(32)10-2)33(23(3)4)31-20-28(13-12-24(31)5)27-15-18-38(19-16-27)25(6)14-17-35-8/h12-13,20-23,27,35H,6,9-11,14-19H2,1-5,7-8H3/b33-30+. The average Bonchev–Trinajstić information content (AvgIpc) is 3.41. The number of hydrogen-bond acceptors (Lipinski definition) is 4. The molecule has 0 spiro atoms. The van der Waals surface area contributed by atoms with E-state index >= 15 is 0 Å². The SMILES string of the molecule is C=C(CCNC)N1CCC(c2ccc(C)c(/C(=C(\CCC)c3cn4ncnc4c(C)c3CC)C(C)C)c2)CC1. The summed E-state index contributed by atoms with van der Waals surface area (Å²) in [6.07, 6.45) is 10.5. The minimum atomic E-state index is 0.411. The van der Waals surface area contributed by atoms with Crippen molar-refractivity contribution in [3.63, 3.8) is 0 Å². The van der Waals surface area contributed by atoms with Gasteiger partial charge in [-0.2, -0.15) is 5.10 Å². The first-order valence-electron chi connectivity index (χ1n) is 15.0. The summed E-state index contributed by atoms with van der Waals surface area (Å²) in [6, 6.07) is 7.28. The van der Waals surface area contributed by atoms with Crippen LogP contribution in [0.5, 0.6) is 0 Å². The van der Waals surface area contributed by atoms with Crippen molar-refractivity contribution in [2.24, 2.45) is 5.92 Å². The molecular formula is C34H49N5. The molecule has 210 valence electrons. The van der Waals surface area contributed by atoms with Gasteiger partial charge in [0.15, 0.2) is 5.65 Å². The molecule has 5 heteroatoms. The Morgan fingerprint density at radius 3 is 2.49 bits per heavy atom. The van der Waals surface area contributed by atoms with Crippen molar-refractivity contribution < 1.29 is 0 Å². The Bertz CT molecular complexity index is 1320. The Kier molecular flexibility index (Phi) is 9.66. The van der Waals surface area contributed by atoms with Gasteiger partial charge in [0.1, 0.15) is 6.33 Å². The number of fused-ring (bicyclic) bond motifs is 1. The summed E-state index contributed by atoms with van der Waals surface area (Å²) in [7, 11) is 2.01. The lowest BCUT2D eigenvalue weighted by Gasteiger charge is -2.35. The molecule has 2 aromatic heterocycles. The van der Waals surface area contributed by atoms with Crippen LogP contribution in [0.25, 0.3) is 16.8 Å². The number of pyridine rings is 1. The highest BCUT2D eigenvalue weighted by Crippen LogP contribution is 2.40. The Hall–Kier alpha value is -2.92. The normalized spacial score (nSPS) is 15.3. The second-order valence-corrected chi connectivity index (χ2v) is 11.6. The first-order chi connectivity index (χ1) is 18.8. The van der Waals surface area contributed by atoms with Crippen LogP contribution in [0.1, 0.15) is 99.1 Å². The van der Waals surface area contributed by atoms with Gasteiger partial charge in [-0.15, -0.1) is 0 Å². The molecule has 1 fully saturated rings. The lowest BCUT2D eigenvalue weighted by Crippen LogP contribution is -2.33. The number of nitrogens with zero attached hydrogens (tertiary/aromatic N) is 4. The molecule has 0 bridgehead atoms. The fourth-order valence-corrected chi connectivity index (χ4v) is 6.49. The topological polar surface area (TPSA) is 45.5 Å². The van der Waals surface area contributed by atoms with Crippen LogP contribution in [0, 0.1) is 19.8 Å². The molecule has 0 amide bonds. The van der Waals surface area contributed by atoms with Crippen LogP contribution in [0.15, 0.2) is 43.0 Å². The minimum Gasteiger partial charge on any atom is -0.375 e. The molecule has 0 radical (unpaired) electrons. The van der Waals surface area contributed by atoms with Crippen molar-refractivity contribution in [3.05, 3.63) is 76.4 Å². The van der Waals surface area contributed by atoms with Gasteiger partial charge in [0.25, 0.3) is 0 Å². The predicted octanol–water partition coefficient (Wildman–Crippen LogP) is 7.58. The molecule has 3 aromatic rings.